The molecular weight excluding hydrogens is 444 g/mol. The highest BCUT2D eigenvalue weighted by atomic mass is 32.2. The van der Waals surface area contributed by atoms with Crippen LogP contribution < -0.4 is 9.80 Å². The molecule has 1 unspecified atom stereocenters. The fourth-order valence-corrected chi connectivity index (χ4v) is 5.72. The Bertz CT molecular complexity index is 1120. The highest BCUT2D eigenvalue weighted by Gasteiger charge is 2.32. The second kappa shape index (κ2) is 10.4. The largest absolute Gasteiger partial charge is 0.354 e. The highest BCUT2D eigenvalue weighted by molar-refractivity contribution is 7.99. The number of benzene rings is 1. The van der Waals surface area contributed by atoms with Gasteiger partial charge in [0, 0.05) is 62.8 Å². The van der Waals surface area contributed by atoms with Crippen molar-refractivity contribution in [3.8, 4) is 0 Å². The number of rotatable bonds is 5. The number of piperidine rings is 1. The van der Waals surface area contributed by atoms with Crippen molar-refractivity contribution in [2.24, 2.45) is 5.92 Å². The normalized spacial score (nSPS) is 18.7. The zero-order valence-electron chi connectivity index (χ0n) is 19.5. The van der Waals surface area contributed by atoms with Crippen LogP contribution in [0, 0.1) is 12.8 Å². The Morgan fingerprint density at radius 2 is 1.76 bits per heavy atom. The lowest BCUT2D eigenvalue weighted by molar-refractivity contribution is -0.136. The topological polar surface area (TPSA) is 65.5 Å². The summed E-state index contributed by atoms with van der Waals surface area (Å²) < 4.78 is 0. The molecule has 1 amide bonds. The SMILES string of the molecule is Cc1cccc(Sc2nccnc2N2CCCC(C(=O)N3CCN(c4ccccn4)CC3)C2)c1. The van der Waals surface area contributed by atoms with Crippen LogP contribution in [0.3, 0.4) is 0 Å². The van der Waals surface area contributed by atoms with E-state index in [1.165, 1.54) is 5.56 Å². The average molecular weight is 475 g/mol. The van der Waals surface area contributed by atoms with E-state index in [1.54, 1.807) is 24.2 Å². The van der Waals surface area contributed by atoms with Crippen LogP contribution in [-0.4, -0.2) is 65.0 Å². The molecule has 2 saturated heterocycles. The van der Waals surface area contributed by atoms with E-state index in [1.807, 2.05) is 29.3 Å². The van der Waals surface area contributed by atoms with Crippen molar-refractivity contribution in [3.63, 3.8) is 0 Å². The minimum Gasteiger partial charge on any atom is -0.354 e. The first-order chi connectivity index (χ1) is 16.7. The molecule has 7 nitrogen and oxygen atoms in total. The molecule has 0 radical (unpaired) electrons. The first-order valence-corrected chi connectivity index (χ1v) is 12.7. The van der Waals surface area contributed by atoms with E-state index in [9.17, 15) is 4.79 Å². The van der Waals surface area contributed by atoms with Gasteiger partial charge in [-0.25, -0.2) is 15.0 Å². The molecule has 0 aliphatic carbocycles. The summed E-state index contributed by atoms with van der Waals surface area (Å²) in [5, 5.41) is 0.894. The molecule has 0 spiro atoms. The van der Waals surface area contributed by atoms with E-state index in [0.29, 0.717) is 6.54 Å². The summed E-state index contributed by atoms with van der Waals surface area (Å²) in [7, 11) is 0. The van der Waals surface area contributed by atoms with Crippen LogP contribution in [0.1, 0.15) is 18.4 Å². The smallest absolute Gasteiger partial charge is 0.227 e. The predicted molar refractivity (Wildman–Crippen MR) is 135 cm³/mol. The summed E-state index contributed by atoms with van der Waals surface area (Å²) in [6.45, 7) is 6.81. The first-order valence-electron chi connectivity index (χ1n) is 11.9. The van der Waals surface area contributed by atoms with Crippen LogP contribution in [0.2, 0.25) is 0 Å². The number of amides is 1. The van der Waals surface area contributed by atoms with Crippen molar-refractivity contribution < 1.29 is 4.79 Å². The molecule has 34 heavy (non-hydrogen) atoms. The Balaban J connectivity index is 1.24. The predicted octanol–water partition coefficient (Wildman–Crippen LogP) is 3.90. The third-order valence-electron chi connectivity index (χ3n) is 6.49. The Labute approximate surface area is 205 Å². The van der Waals surface area contributed by atoms with E-state index >= 15 is 0 Å². The van der Waals surface area contributed by atoms with Crippen molar-refractivity contribution in [3.05, 3.63) is 66.6 Å². The zero-order chi connectivity index (χ0) is 23.3. The van der Waals surface area contributed by atoms with Crippen LogP contribution in [0.4, 0.5) is 11.6 Å². The fourth-order valence-electron chi connectivity index (χ4n) is 4.72. The van der Waals surface area contributed by atoms with Gasteiger partial charge in [-0.3, -0.25) is 4.79 Å². The lowest BCUT2D eigenvalue weighted by Crippen LogP contribution is -2.53. The molecule has 3 aromatic rings. The maximum Gasteiger partial charge on any atom is 0.227 e. The van der Waals surface area contributed by atoms with Crippen LogP contribution in [0.25, 0.3) is 0 Å². The number of carbonyl (C=O) groups excluding carboxylic acids is 1. The monoisotopic (exact) mass is 474 g/mol. The number of pyridine rings is 1. The Kier molecular flexibility index (Phi) is 6.94. The Morgan fingerprint density at radius 3 is 2.56 bits per heavy atom. The third kappa shape index (κ3) is 5.17. The van der Waals surface area contributed by atoms with Gasteiger partial charge < -0.3 is 14.7 Å². The van der Waals surface area contributed by atoms with Gasteiger partial charge in [-0.15, -0.1) is 0 Å². The minimum absolute atomic E-state index is 0.00558. The minimum atomic E-state index is -0.00558. The highest BCUT2D eigenvalue weighted by Crippen LogP contribution is 2.34. The van der Waals surface area contributed by atoms with Crippen molar-refractivity contribution in [2.75, 3.05) is 49.1 Å². The van der Waals surface area contributed by atoms with Crippen molar-refractivity contribution >= 4 is 29.3 Å². The quantitative estimate of drug-likeness (QED) is 0.556. The summed E-state index contributed by atoms with van der Waals surface area (Å²) in [4.78, 5) is 34.9. The molecule has 2 aromatic heterocycles. The van der Waals surface area contributed by atoms with Crippen molar-refractivity contribution in [1.29, 1.82) is 0 Å². The van der Waals surface area contributed by atoms with Crippen molar-refractivity contribution in [1.82, 2.24) is 19.9 Å². The maximum atomic E-state index is 13.4. The van der Waals surface area contributed by atoms with Gasteiger partial charge in [-0.1, -0.05) is 35.5 Å². The summed E-state index contributed by atoms with van der Waals surface area (Å²) in [6, 6.07) is 14.4. The molecule has 2 fully saturated rings. The van der Waals surface area contributed by atoms with Gasteiger partial charge >= 0.3 is 0 Å². The van der Waals surface area contributed by atoms with Gasteiger partial charge in [0.15, 0.2) is 5.82 Å². The molecule has 2 aliphatic heterocycles. The van der Waals surface area contributed by atoms with Gasteiger partial charge in [-0.05, 0) is 44.0 Å². The number of nitrogens with zero attached hydrogens (tertiary/aromatic N) is 6. The third-order valence-corrected chi connectivity index (χ3v) is 7.46. The lowest BCUT2D eigenvalue weighted by Gasteiger charge is -2.39. The summed E-state index contributed by atoms with van der Waals surface area (Å²) in [6.07, 6.45) is 7.22. The van der Waals surface area contributed by atoms with Gasteiger partial charge in [0.2, 0.25) is 5.91 Å². The van der Waals surface area contributed by atoms with E-state index < -0.39 is 0 Å². The van der Waals surface area contributed by atoms with Gasteiger partial charge in [0.05, 0.1) is 5.92 Å². The van der Waals surface area contributed by atoms with E-state index in [4.69, 9.17) is 0 Å². The first kappa shape index (κ1) is 22.7. The maximum absolute atomic E-state index is 13.4. The molecule has 1 atom stereocenters. The van der Waals surface area contributed by atoms with Crippen molar-refractivity contribution in [2.45, 2.75) is 29.7 Å². The molecule has 176 valence electrons. The van der Waals surface area contributed by atoms with Crippen LogP contribution in [-0.2, 0) is 4.79 Å². The second-order valence-electron chi connectivity index (χ2n) is 8.89. The van der Waals surface area contributed by atoms with Gasteiger partial charge in [-0.2, -0.15) is 0 Å². The van der Waals surface area contributed by atoms with Crippen LogP contribution >= 0.6 is 11.8 Å². The fraction of sp³-hybridized carbons (Fsp3) is 0.385. The molecule has 0 N–H and O–H groups in total. The van der Waals surface area contributed by atoms with Crippen LogP contribution in [0.15, 0.2) is 71.0 Å². The van der Waals surface area contributed by atoms with E-state index in [-0.39, 0.29) is 11.8 Å². The Hall–Kier alpha value is -3.13. The summed E-state index contributed by atoms with van der Waals surface area (Å²) in [5.74, 6) is 2.13. The van der Waals surface area contributed by atoms with Crippen LogP contribution in [0.5, 0.6) is 0 Å². The number of aromatic nitrogens is 3. The van der Waals surface area contributed by atoms with E-state index in [0.717, 1.165) is 67.1 Å². The van der Waals surface area contributed by atoms with Gasteiger partial charge in [0.1, 0.15) is 10.8 Å². The molecule has 0 saturated carbocycles. The number of hydrogen-bond donors (Lipinski definition) is 0. The summed E-state index contributed by atoms with van der Waals surface area (Å²) >= 11 is 1.64. The molecular formula is C26H30N6OS. The summed E-state index contributed by atoms with van der Waals surface area (Å²) in [5.41, 5.74) is 1.22. The molecule has 0 bridgehead atoms. The number of aryl methyl sites for hydroxylation is 1. The lowest BCUT2D eigenvalue weighted by atomic mass is 9.96. The molecule has 1 aromatic carbocycles. The standard InChI is InChI=1S/C26H30N6OS/c1-20-6-4-8-22(18-20)34-25-24(28-11-12-29-25)32-13-5-7-21(19-32)26(33)31-16-14-30(15-17-31)23-9-2-3-10-27-23/h2-4,6,8-12,18,21H,5,7,13-17,19H2,1H3. The zero-order valence-corrected chi connectivity index (χ0v) is 20.3. The molecule has 2 aliphatic rings. The second-order valence-corrected chi connectivity index (χ2v) is 9.95. The van der Waals surface area contributed by atoms with E-state index in [2.05, 4.69) is 55.9 Å². The molecule has 5 rings (SSSR count). The number of carbonyl (C=O) groups is 1. The number of anilines is 2. The molecule has 4 heterocycles. The van der Waals surface area contributed by atoms with Gasteiger partial charge in [0.25, 0.3) is 0 Å². The molecule has 8 heteroatoms. The Morgan fingerprint density at radius 1 is 0.912 bits per heavy atom. The number of piperazine rings is 1. The number of hydrogen-bond acceptors (Lipinski definition) is 7. The average Bonchev–Trinajstić information content (AvgIpc) is 2.89.